The van der Waals surface area contributed by atoms with Gasteiger partial charge in [0, 0.05) is 18.5 Å². The molecule has 0 unspecified atom stereocenters. The average molecular weight is 271 g/mol. The topological polar surface area (TPSA) is 42.2 Å². The Morgan fingerprint density at radius 3 is 3.15 bits per heavy atom. The maximum Gasteiger partial charge on any atom is 0.133 e. The first-order valence-electron chi connectivity index (χ1n) is 7.39. The fourth-order valence-corrected chi connectivity index (χ4v) is 3.00. The highest BCUT2D eigenvalue weighted by atomic mass is 16.5. The maximum atomic E-state index is 5.21. The molecule has 0 amide bonds. The lowest BCUT2D eigenvalue weighted by molar-refractivity contribution is 0.242. The average Bonchev–Trinajstić information content (AvgIpc) is 3.09. The quantitative estimate of drug-likeness (QED) is 0.837. The highest BCUT2D eigenvalue weighted by Gasteiger charge is 2.27. The van der Waals surface area contributed by atoms with Crippen LogP contribution in [0, 0.1) is 6.92 Å². The molecule has 4 heteroatoms. The summed E-state index contributed by atoms with van der Waals surface area (Å²) in [6.07, 6.45) is 8.49. The minimum Gasteiger partial charge on any atom is -0.361 e. The van der Waals surface area contributed by atoms with E-state index < -0.39 is 0 Å². The van der Waals surface area contributed by atoms with E-state index in [1.54, 1.807) is 0 Å². The number of rotatable bonds is 5. The predicted molar refractivity (Wildman–Crippen MR) is 77.3 cm³/mol. The summed E-state index contributed by atoms with van der Waals surface area (Å²) in [6, 6.07) is 6.67. The summed E-state index contributed by atoms with van der Waals surface area (Å²) < 4.78 is 5.21. The summed E-state index contributed by atoms with van der Waals surface area (Å²) in [5, 5.41) is 4.19. The van der Waals surface area contributed by atoms with Gasteiger partial charge in [0.15, 0.2) is 0 Å². The van der Waals surface area contributed by atoms with Crippen LogP contribution >= 0.6 is 0 Å². The molecule has 20 heavy (non-hydrogen) atoms. The van der Waals surface area contributed by atoms with E-state index in [2.05, 4.69) is 27.2 Å². The van der Waals surface area contributed by atoms with Crippen molar-refractivity contribution in [1.82, 2.24) is 15.0 Å². The van der Waals surface area contributed by atoms with E-state index >= 15 is 0 Å². The van der Waals surface area contributed by atoms with Crippen LogP contribution in [-0.2, 0) is 6.42 Å². The molecule has 1 aliphatic rings. The van der Waals surface area contributed by atoms with Crippen LogP contribution in [0.3, 0.4) is 0 Å². The van der Waals surface area contributed by atoms with Gasteiger partial charge in [-0.2, -0.15) is 0 Å². The van der Waals surface area contributed by atoms with E-state index in [0.29, 0.717) is 6.04 Å². The summed E-state index contributed by atoms with van der Waals surface area (Å²) in [5.41, 5.74) is 2.42. The fourth-order valence-electron chi connectivity index (χ4n) is 3.00. The molecular formula is C16H21N3O. The van der Waals surface area contributed by atoms with Crippen LogP contribution in [0.2, 0.25) is 0 Å². The van der Waals surface area contributed by atoms with Gasteiger partial charge in [0.1, 0.15) is 11.5 Å². The Bertz CT molecular complexity index is 538. The molecule has 1 aliphatic heterocycles. The van der Waals surface area contributed by atoms with E-state index in [-0.39, 0.29) is 0 Å². The zero-order valence-corrected chi connectivity index (χ0v) is 12.0. The van der Waals surface area contributed by atoms with Crippen molar-refractivity contribution in [3.8, 4) is 0 Å². The van der Waals surface area contributed by atoms with E-state index in [1.807, 2.05) is 25.4 Å². The number of aryl methyl sites for hydroxylation is 2. The number of pyridine rings is 1. The van der Waals surface area contributed by atoms with Gasteiger partial charge in [0.2, 0.25) is 0 Å². The molecule has 0 aromatic carbocycles. The van der Waals surface area contributed by atoms with Gasteiger partial charge in [0.25, 0.3) is 0 Å². The highest BCUT2D eigenvalue weighted by molar-refractivity contribution is 5.11. The van der Waals surface area contributed by atoms with Gasteiger partial charge < -0.3 is 4.52 Å². The van der Waals surface area contributed by atoms with Crippen molar-refractivity contribution in [3.05, 3.63) is 47.6 Å². The third kappa shape index (κ3) is 3.07. The van der Waals surface area contributed by atoms with Gasteiger partial charge in [0.05, 0.1) is 6.04 Å². The highest BCUT2D eigenvalue weighted by Crippen LogP contribution is 2.31. The molecule has 1 fully saturated rings. The number of nitrogens with zero attached hydrogens (tertiary/aromatic N) is 3. The number of hydrogen-bond donors (Lipinski definition) is 0. The summed E-state index contributed by atoms with van der Waals surface area (Å²) in [5.74, 6) is 0.905. The third-order valence-electron chi connectivity index (χ3n) is 3.98. The van der Waals surface area contributed by atoms with Crippen molar-refractivity contribution >= 4 is 0 Å². The second kappa shape index (κ2) is 6.18. The Morgan fingerprint density at radius 1 is 1.45 bits per heavy atom. The molecule has 3 heterocycles. The van der Waals surface area contributed by atoms with E-state index in [1.165, 1.54) is 31.4 Å². The molecule has 2 aromatic rings. The van der Waals surface area contributed by atoms with E-state index in [0.717, 1.165) is 24.4 Å². The molecule has 0 N–H and O–H groups in total. The molecule has 1 atom stereocenters. The first-order chi connectivity index (χ1) is 9.83. The lowest BCUT2D eigenvalue weighted by Crippen LogP contribution is -2.25. The van der Waals surface area contributed by atoms with E-state index in [9.17, 15) is 0 Å². The number of likely N-dealkylation sites (tertiary alicyclic amines) is 1. The Morgan fingerprint density at radius 2 is 2.40 bits per heavy atom. The number of hydrogen-bond acceptors (Lipinski definition) is 4. The fraction of sp³-hybridized carbons (Fsp3) is 0.500. The minimum atomic E-state index is 0.446. The first-order valence-corrected chi connectivity index (χ1v) is 7.39. The molecule has 0 spiro atoms. The summed E-state index contributed by atoms with van der Waals surface area (Å²) in [4.78, 5) is 6.70. The van der Waals surface area contributed by atoms with Crippen molar-refractivity contribution in [2.45, 2.75) is 38.6 Å². The molecular weight excluding hydrogens is 250 g/mol. The molecule has 0 aliphatic carbocycles. The second-order valence-corrected chi connectivity index (χ2v) is 5.52. The molecule has 106 valence electrons. The van der Waals surface area contributed by atoms with Gasteiger partial charge in [-0.05, 0) is 57.3 Å². The van der Waals surface area contributed by atoms with Crippen molar-refractivity contribution < 1.29 is 4.52 Å². The van der Waals surface area contributed by atoms with Gasteiger partial charge in [-0.25, -0.2) is 0 Å². The maximum absolute atomic E-state index is 5.21. The van der Waals surface area contributed by atoms with Gasteiger partial charge in [-0.15, -0.1) is 0 Å². The van der Waals surface area contributed by atoms with Crippen LogP contribution in [-0.4, -0.2) is 28.1 Å². The standard InChI is InChI=1S/C16H21N3O/c1-13-11-15(18-20-13)16-7-4-10-19(16)9-3-6-14-5-2-8-17-12-14/h2,5,8,11-12,16H,3-4,6-7,9-10H2,1H3/t16-/m1/s1. The van der Waals surface area contributed by atoms with Crippen molar-refractivity contribution in [3.63, 3.8) is 0 Å². The third-order valence-corrected chi connectivity index (χ3v) is 3.98. The van der Waals surface area contributed by atoms with E-state index in [4.69, 9.17) is 4.52 Å². The Hall–Kier alpha value is -1.68. The summed E-state index contributed by atoms with van der Waals surface area (Å²) in [7, 11) is 0. The molecule has 0 saturated carbocycles. The summed E-state index contributed by atoms with van der Waals surface area (Å²) in [6.45, 7) is 4.24. The molecule has 2 aromatic heterocycles. The van der Waals surface area contributed by atoms with Gasteiger partial charge in [-0.3, -0.25) is 9.88 Å². The van der Waals surface area contributed by atoms with Crippen molar-refractivity contribution in [2.75, 3.05) is 13.1 Å². The van der Waals surface area contributed by atoms with Crippen LogP contribution in [0.1, 0.15) is 42.3 Å². The normalized spacial score (nSPS) is 19.6. The largest absolute Gasteiger partial charge is 0.361 e. The smallest absolute Gasteiger partial charge is 0.133 e. The Labute approximate surface area is 119 Å². The minimum absolute atomic E-state index is 0.446. The lowest BCUT2D eigenvalue weighted by Gasteiger charge is -2.22. The molecule has 4 nitrogen and oxygen atoms in total. The molecule has 1 saturated heterocycles. The van der Waals surface area contributed by atoms with Crippen LogP contribution < -0.4 is 0 Å². The second-order valence-electron chi connectivity index (χ2n) is 5.52. The lowest BCUT2D eigenvalue weighted by atomic mass is 10.1. The van der Waals surface area contributed by atoms with Crippen LogP contribution in [0.5, 0.6) is 0 Å². The number of aromatic nitrogens is 2. The molecule has 0 bridgehead atoms. The van der Waals surface area contributed by atoms with Crippen molar-refractivity contribution in [2.24, 2.45) is 0 Å². The molecule has 3 rings (SSSR count). The zero-order valence-electron chi connectivity index (χ0n) is 12.0. The van der Waals surface area contributed by atoms with Gasteiger partial charge in [-0.1, -0.05) is 11.2 Å². The van der Waals surface area contributed by atoms with Crippen molar-refractivity contribution in [1.29, 1.82) is 0 Å². The van der Waals surface area contributed by atoms with Gasteiger partial charge >= 0.3 is 0 Å². The first kappa shape index (κ1) is 13.3. The Balaban J connectivity index is 1.54. The van der Waals surface area contributed by atoms with Crippen LogP contribution in [0.15, 0.2) is 35.1 Å². The SMILES string of the molecule is Cc1cc([C@H]2CCCN2CCCc2cccnc2)no1. The predicted octanol–water partition coefficient (Wildman–Crippen LogP) is 3.15. The Kier molecular flexibility index (Phi) is 4.11. The monoisotopic (exact) mass is 271 g/mol. The summed E-state index contributed by atoms with van der Waals surface area (Å²) >= 11 is 0. The van der Waals surface area contributed by atoms with Crippen LogP contribution in [0.4, 0.5) is 0 Å². The molecule has 0 radical (unpaired) electrons. The van der Waals surface area contributed by atoms with Crippen LogP contribution in [0.25, 0.3) is 0 Å². The zero-order chi connectivity index (χ0) is 13.8.